The first-order valence-electron chi connectivity index (χ1n) is 6.02. The lowest BCUT2D eigenvalue weighted by Crippen LogP contribution is -2.05. The summed E-state index contributed by atoms with van der Waals surface area (Å²) in [5.74, 6) is 0. The fourth-order valence-corrected chi connectivity index (χ4v) is 1.77. The van der Waals surface area contributed by atoms with Gasteiger partial charge in [0.2, 0.25) is 0 Å². The molecule has 0 amide bonds. The maximum atomic E-state index is 12.9. The Labute approximate surface area is 119 Å². The summed E-state index contributed by atoms with van der Waals surface area (Å²) >= 11 is 0. The van der Waals surface area contributed by atoms with Gasteiger partial charge in [0.25, 0.3) is 0 Å². The van der Waals surface area contributed by atoms with Crippen molar-refractivity contribution in [1.82, 2.24) is 0 Å². The normalized spacial score (nSPS) is 12.0. The zero-order valence-electron chi connectivity index (χ0n) is 11.1. The zero-order chi connectivity index (χ0) is 15.6. The van der Waals surface area contributed by atoms with Crippen LogP contribution in [0, 0.1) is 6.92 Å². The van der Waals surface area contributed by atoms with Crippen LogP contribution in [0.5, 0.6) is 0 Å². The SMILES string of the molecule is Cc1cc(N)ccc1/N=N/c1ccc(N)cc1C(F)(F)F. The van der Waals surface area contributed by atoms with Gasteiger partial charge in [0.05, 0.1) is 16.9 Å². The summed E-state index contributed by atoms with van der Waals surface area (Å²) in [5, 5.41) is 7.53. The molecule has 0 radical (unpaired) electrons. The molecule has 0 bridgehead atoms. The Morgan fingerprint density at radius 2 is 1.38 bits per heavy atom. The highest BCUT2D eigenvalue weighted by atomic mass is 19.4. The second-order valence-electron chi connectivity index (χ2n) is 4.52. The molecule has 0 aliphatic carbocycles. The number of nitrogen functional groups attached to an aromatic ring is 2. The lowest BCUT2D eigenvalue weighted by Gasteiger charge is -2.10. The maximum Gasteiger partial charge on any atom is 0.418 e. The number of rotatable bonds is 2. The highest BCUT2D eigenvalue weighted by Crippen LogP contribution is 2.38. The predicted molar refractivity (Wildman–Crippen MR) is 75.6 cm³/mol. The van der Waals surface area contributed by atoms with Gasteiger partial charge in [-0.1, -0.05) is 0 Å². The van der Waals surface area contributed by atoms with Crippen LogP contribution in [-0.4, -0.2) is 0 Å². The fraction of sp³-hybridized carbons (Fsp3) is 0.143. The van der Waals surface area contributed by atoms with Crippen molar-refractivity contribution in [2.45, 2.75) is 13.1 Å². The van der Waals surface area contributed by atoms with Crippen molar-refractivity contribution >= 4 is 22.7 Å². The molecule has 0 spiro atoms. The summed E-state index contributed by atoms with van der Waals surface area (Å²) in [4.78, 5) is 0. The van der Waals surface area contributed by atoms with Crippen molar-refractivity contribution in [2.75, 3.05) is 11.5 Å². The van der Waals surface area contributed by atoms with Crippen LogP contribution in [0.4, 0.5) is 35.9 Å². The van der Waals surface area contributed by atoms with Gasteiger partial charge in [-0.2, -0.15) is 18.3 Å². The first-order chi connectivity index (χ1) is 9.77. The molecule has 2 aromatic carbocycles. The maximum absolute atomic E-state index is 12.9. The molecule has 0 fully saturated rings. The Morgan fingerprint density at radius 3 is 1.95 bits per heavy atom. The Morgan fingerprint density at radius 1 is 0.857 bits per heavy atom. The molecule has 2 aromatic rings. The molecule has 0 unspecified atom stereocenters. The number of anilines is 2. The molecule has 2 rings (SSSR count). The minimum Gasteiger partial charge on any atom is -0.399 e. The summed E-state index contributed by atoms with van der Waals surface area (Å²) in [6, 6.07) is 8.24. The van der Waals surface area contributed by atoms with E-state index in [4.69, 9.17) is 11.5 Å². The van der Waals surface area contributed by atoms with Gasteiger partial charge in [-0.15, -0.1) is 5.11 Å². The Hall–Kier alpha value is -2.57. The predicted octanol–water partition coefficient (Wildman–Crippen LogP) is 4.59. The van der Waals surface area contributed by atoms with Crippen LogP contribution in [0.25, 0.3) is 0 Å². The number of halogens is 3. The van der Waals surface area contributed by atoms with Crippen LogP contribution in [0.15, 0.2) is 46.6 Å². The second-order valence-corrected chi connectivity index (χ2v) is 4.52. The third-order valence-corrected chi connectivity index (χ3v) is 2.81. The van der Waals surface area contributed by atoms with E-state index in [2.05, 4.69) is 10.2 Å². The quantitative estimate of drug-likeness (QED) is 0.627. The van der Waals surface area contributed by atoms with Gasteiger partial charge < -0.3 is 11.5 Å². The Balaban J connectivity index is 2.41. The van der Waals surface area contributed by atoms with Crippen molar-refractivity contribution in [3.63, 3.8) is 0 Å². The molecule has 0 aliphatic rings. The lowest BCUT2D eigenvalue weighted by atomic mass is 10.1. The molecular formula is C14H13F3N4. The number of hydrogen-bond donors (Lipinski definition) is 2. The molecule has 0 saturated heterocycles. The van der Waals surface area contributed by atoms with Crippen molar-refractivity contribution in [2.24, 2.45) is 10.2 Å². The van der Waals surface area contributed by atoms with Crippen molar-refractivity contribution in [3.05, 3.63) is 47.5 Å². The average Bonchev–Trinajstić information content (AvgIpc) is 2.38. The molecular weight excluding hydrogens is 281 g/mol. The molecule has 4 nitrogen and oxygen atoms in total. The van der Waals surface area contributed by atoms with Crippen LogP contribution in [0.1, 0.15) is 11.1 Å². The van der Waals surface area contributed by atoms with E-state index in [0.717, 1.165) is 11.6 Å². The number of benzene rings is 2. The highest BCUT2D eigenvalue weighted by Gasteiger charge is 2.33. The van der Waals surface area contributed by atoms with Crippen LogP contribution < -0.4 is 11.5 Å². The fourth-order valence-electron chi connectivity index (χ4n) is 1.77. The molecule has 0 saturated carbocycles. The number of alkyl halides is 3. The van der Waals surface area contributed by atoms with Gasteiger partial charge in [-0.05, 0) is 48.9 Å². The smallest absolute Gasteiger partial charge is 0.399 e. The number of nitrogens with two attached hydrogens (primary N) is 2. The van der Waals surface area contributed by atoms with E-state index in [-0.39, 0.29) is 11.4 Å². The van der Waals surface area contributed by atoms with Crippen LogP contribution in [-0.2, 0) is 6.18 Å². The van der Waals surface area contributed by atoms with Crippen LogP contribution >= 0.6 is 0 Å². The minimum atomic E-state index is -4.54. The largest absolute Gasteiger partial charge is 0.418 e. The molecule has 0 atom stereocenters. The van der Waals surface area contributed by atoms with E-state index in [1.54, 1.807) is 25.1 Å². The summed E-state index contributed by atoms with van der Waals surface area (Å²) < 4.78 is 38.7. The van der Waals surface area contributed by atoms with Gasteiger partial charge in [0.15, 0.2) is 0 Å². The molecule has 4 N–H and O–H groups in total. The highest BCUT2D eigenvalue weighted by molar-refractivity contribution is 5.57. The Bertz CT molecular complexity index is 693. The average molecular weight is 294 g/mol. The van der Waals surface area contributed by atoms with E-state index >= 15 is 0 Å². The molecule has 0 heterocycles. The molecule has 21 heavy (non-hydrogen) atoms. The zero-order valence-corrected chi connectivity index (χ0v) is 11.1. The lowest BCUT2D eigenvalue weighted by molar-refractivity contribution is -0.137. The van der Waals surface area contributed by atoms with Crippen LogP contribution in [0.3, 0.4) is 0 Å². The van der Waals surface area contributed by atoms with E-state index in [0.29, 0.717) is 11.4 Å². The van der Waals surface area contributed by atoms with Gasteiger partial charge in [-0.3, -0.25) is 0 Å². The molecule has 110 valence electrons. The third kappa shape index (κ3) is 3.50. The standard InChI is InChI=1S/C14H13F3N4/c1-8-6-9(18)2-4-12(8)20-21-13-5-3-10(19)7-11(13)14(15,16)17/h2-7H,18-19H2,1H3/b21-20+. The van der Waals surface area contributed by atoms with Gasteiger partial charge in [0, 0.05) is 11.4 Å². The first kappa shape index (κ1) is 14.8. The van der Waals surface area contributed by atoms with Gasteiger partial charge in [0.1, 0.15) is 0 Å². The molecule has 7 heteroatoms. The van der Waals surface area contributed by atoms with E-state index in [1.165, 1.54) is 12.1 Å². The summed E-state index contributed by atoms with van der Waals surface area (Å²) in [6.45, 7) is 1.75. The summed E-state index contributed by atoms with van der Waals surface area (Å²) in [5.41, 5.74) is 11.5. The third-order valence-electron chi connectivity index (χ3n) is 2.81. The summed E-state index contributed by atoms with van der Waals surface area (Å²) in [7, 11) is 0. The van der Waals surface area contributed by atoms with Crippen molar-refractivity contribution in [3.8, 4) is 0 Å². The van der Waals surface area contributed by atoms with E-state index in [9.17, 15) is 13.2 Å². The number of azo groups is 1. The Kier molecular flexibility index (Phi) is 3.84. The minimum absolute atomic E-state index is 0.0185. The number of hydrogen-bond acceptors (Lipinski definition) is 4. The molecule has 0 aromatic heterocycles. The monoisotopic (exact) mass is 294 g/mol. The number of nitrogens with zero attached hydrogens (tertiary/aromatic N) is 2. The number of aryl methyl sites for hydroxylation is 1. The second kappa shape index (κ2) is 5.43. The van der Waals surface area contributed by atoms with Crippen molar-refractivity contribution in [1.29, 1.82) is 0 Å². The van der Waals surface area contributed by atoms with E-state index in [1.807, 2.05) is 0 Å². The topological polar surface area (TPSA) is 76.8 Å². The van der Waals surface area contributed by atoms with E-state index < -0.39 is 11.7 Å². The summed E-state index contributed by atoms with van der Waals surface area (Å²) in [6.07, 6.45) is -4.54. The van der Waals surface area contributed by atoms with Crippen LogP contribution in [0.2, 0.25) is 0 Å². The van der Waals surface area contributed by atoms with Crippen molar-refractivity contribution < 1.29 is 13.2 Å². The van der Waals surface area contributed by atoms with Gasteiger partial charge >= 0.3 is 6.18 Å². The van der Waals surface area contributed by atoms with Gasteiger partial charge in [-0.25, -0.2) is 0 Å². The molecule has 0 aliphatic heterocycles. The first-order valence-corrected chi connectivity index (χ1v) is 6.02.